The molecule has 0 saturated carbocycles. The Morgan fingerprint density at radius 3 is 1.64 bits per heavy atom. The molecule has 0 aliphatic heterocycles. The summed E-state index contributed by atoms with van der Waals surface area (Å²) < 4.78 is 0. The van der Waals surface area contributed by atoms with E-state index >= 15 is 0 Å². The normalized spacial score (nSPS) is 10.9. The van der Waals surface area contributed by atoms with Crippen LogP contribution in [-0.4, -0.2) is 10.7 Å². The molecule has 0 heterocycles. The molecule has 0 fully saturated rings. The maximum Gasteiger partial charge on any atom is 0.0591 e. The number of aliphatic hydroxyl groups is 1. The van der Waals surface area contributed by atoms with Gasteiger partial charge in [0.15, 0.2) is 0 Å². The molecule has 1 N–H and O–H groups in total. The van der Waals surface area contributed by atoms with Gasteiger partial charge < -0.3 is 5.11 Å². The van der Waals surface area contributed by atoms with Crippen LogP contribution in [-0.2, 0) is 0 Å². The largest absolute Gasteiger partial charge is 0.390 e. The molecule has 0 unspecified atom stereocenters. The first-order valence-electron chi connectivity index (χ1n) is 4.64. The van der Waals surface area contributed by atoms with Crippen molar-refractivity contribution in [2.24, 2.45) is 5.92 Å². The fourth-order valence-electron chi connectivity index (χ4n) is 0.642. The lowest BCUT2D eigenvalue weighted by Gasteiger charge is -2.17. The summed E-state index contributed by atoms with van der Waals surface area (Å²) in [6, 6.07) is 0. The lowest BCUT2D eigenvalue weighted by molar-refractivity contribution is 0.0650. The maximum atomic E-state index is 9.27. The Morgan fingerprint density at radius 1 is 1.18 bits per heavy atom. The SMILES string of the molecule is CC.CC(C)CCC(C)(C)O. The predicted octanol–water partition coefficient (Wildman–Crippen LogP) is 3.22. The highest BCUT2D eigenvalue weighted by atomic mass is 16.3. The van der Waals surface area contributed by atoms with Crippen molar-refractivity contribution in [1.82, 2.24) is 0 Å². The Bertz CT molecular complexity index is 69.4. The molecular weight excluding hydrogens is 136 g/mol. The minimum atomic E-state index is -0.468. The predicted molar refractivity (Wildman–Crippen MR) is 51.7 cm³/mol. The summed E-state index contributed by atoms with van der Waals surface area (Å²) in [6.07, 6.45) is 2.02. The molecule has 0 atom stereocenters. The molecule has 0 bridgehead atoms. The van der Waals surface area contributed by atoms with Crippen LogP contribution in [0.25, 0.3) is 0 Å². The molecule has 11 heavy (non-hydrogen) atoms. The van der Waals surface area contributed by atoms with Crippen molar-refractivity contribution in [3.63, 3.8) is 0 Å². The molecule has 0 aliphatic carbocycles. The zero-order chi connectivity index (χ0) is 9.49. The summed E-state index contributed by atoms with van der Waals surface area (Å²) in [5.41, 5.74) is -0.468. The van der Waals surface area contributed by atoms with Crippen LogP contribution in [0, 0.1) is 5.92 Å². The quantitative estimate of drug-likeness (QED) is 0.672. The molecule has 0 aromatic rings. The second-order valence-electron chi connectivity index (χ2n) is 3.74. The Labute approximate surface area is 71.8 Å². The van der Waals surface area contributed by atoms with E-state index in [-0.39, 0.29) is 0 Å². The fraction of sp³-hybridized carbons (Fsp3) is 1.00. The molecule has 0 aliphatic rings. The number of rotatable bonds is 3. The first kappa shape index (κ1) is 13.5. The van der Waals surface area contributed by atoms with E-state index in [1.54, 1.807) is 0 Å². The van der Waals surface area contributed by atoms with Gasteiger partial charge in [-0.2, -0.15) is 0 Å². The highest BCUT2D eigenvalue weighted by molar-refractivity contribution is 4.65. The van der Waals surface area contributed by atoms with Crippen LogP contribution >= 0.6 is 0 Å². The van der Waals surface area contributed by atoms with Crippen LogP contribution in [0.4, 0.5) is 0 Å². The van der Waals surface area contributed by atoms with E-state index in [0.717, 1.165) is 12.8 Å². The molecule has 0 spiro atoms. The summed E-state index contributed by atoms with van der Waals surface area (Å²) >= 11 is 0. The first-order valence-corrected chi connectivity index (χ1v) is 4.64. The van der Waals surface area contributed by atoms with Gasteiger partial charge in [-0.3, -0.25) is 0 Å². The Morgan fingerprint density at radius 2 is 1.55 bits per heavy atom. The van der Waals surface area contributed by atoms with Gasteiger partial charge in [0, 0.05) is 0 Å². The molecular formula is C10H24O. The van der Waals surface area contributed by atoms with Crippen LogP contribution in [0.5, 0.6) is 0 Å². The fourth-order valence-corrected chi connectivity index (χ4v) is 0.642. The summed E-state index contributed by atoms with van der Waals surface area (Å²) in [5.74, 6) is 0.705. The van der Waals surface area contributed by atoms with Gasteiger partial charge in [0.25, 0.3) is 0 Å². The first-order chi connectivity index (χ1) is 4.92. The molecule has 70 valence electrons. The average molecular weight is 160 g/mol. The minimum Gasteiger partial charge on any atom is -0.390 e. The molecule has 0 rings (SSSR count). The van der Waals surface area contributed by atoms with Gasteiger partial charge in [-0.25, -0.2) is 0 Å². The Balaban J connectivity index is 0. The van der Waals surface area contributed by atoms with Gasteiger partial charge in [0.1, 0.15) is 0 Å². The van der Waals surface area contributed by atoms with Crippen molar-refractivity contribution in [1.29, 1.82) is 0 Å². The van der Waals surface area contributed by atoms with Crippen molar-refractivity contribution in [3.8, 4) is 0 Å². The maximum absolute atomic E-state index is 9.27. The highest BCUT2D eigenvalue weighted by Gasteiger charge is 2.11. The molecule has 1 heteroatoms. The molecule has 0 saturated heterocycles. The average Bonchev–Trinajstić information content (AvgIpc) is 1.87. The van der Waals surface area contributed by atoms with Crippen molar-refractivity contribution in [2.45, 2.75) is 60.0 Å². The van der Waals surface area contributed by atoms with E-state index in [9.17, 15) is 5.11 Å². The standard InChI is InChI=1S/C8H18O.C2H6/c1-7(2)5-6-8(3,4)9;1-2/h7,9H,5-6H2,1-4H3;1-2H3. The number of hydrogen-bond acceptors (Lipinski definition) is 1. The molecule has 0 radical (unpaired) electrons. The molecule has 0 amide bonds. The Hall–Kier alpha value is -0.0400. The lowest BCUT2D eigenvalue weighted by atomic mass is 9.97. The minimum absolute atomic E-state index is 0.468. The number of hydrogen-bond donors (Lipinski definition) is 1. The third-order valence-electron chi connectivity index (χ3n) is 1.33. The van der Waals surface area contributed by atoms with E-state index < -0.39 is 5.60 Å². The second kappa shape index (κ2) is 6.66. The second-order valence-corrected chi connectivity index (χ2v) is 3.74. The van der Waals surface area contributed by atoms with E-state index in [0.29, 0.717) is 5.92 Å². The monoisotopic (exact) mass is 160 g/mol. The summed E-state index contributed by atoms with van der Waals surface area (Å²) in [6.45, 7) is 12.1. The molecule has 1 nitrogen and oxygen atoms in total. The van der Waals surface area contributed by atoms with Gasteiger partial charge in [-0.05, 0) is 32.6 Å². The zero-order valence-corrected chi connectivity index (χ0v) is 8.94. The third kappa shape index (κ3) is 17.8. The van der Waals surface area contributed by atoms with E-state index in [1.807, 2.05) is 27.7 Å². The van der Waals surface area contributed by atoms with Crippen LogP contribution in [0.2, 0.25) is 0 Å². The van der Waals surface area contributed by atoms with Crippen molar-refractivity contribution < 1.29 is 5.11 Å². The van der Waals surface area contributed by atoms with Gasteiger partial charge in [0.2, 0.25) is 0 Å². The van der Waals surface area contributed by atoms with Crippen LogP contribution in [0.3, 0.4) is 0 Å². The molecule has 0 aromatic carbocycles. The molecule has 0 aromatic heterocycles. The van der Waals surface area contributed by atoms with Crippen LogP contribution in [0.15, 0.2) is 0 Å². The third-order valence-corrected chi connectivity index (χ3v) is 1.33. The van der Waals surface area contributed by atoms with Gasteiger partial charge in [0.05, 0.1) is 5.60 Å². The topological polar surface area (TPSA) is 20.2 Å². The summed E-state index contributed by atoms with van der Waals surface area (Å²) in [4.78, 5) is 0. The van der Waals surface area contributed by atoms with Crippen molar-refractivity contribution in [3.05, 3.63) is 0 Å². The van der Waals surface area contributed by atoms with Gasteiger partial charge in [-0.15, -0.1) is 0 Å². The van der Waals surface area contributed by atoms with Crippen molar-refractivity contribution in [2.75, 3.05) is 0 Å². The van der Waals surface area contributed by atoms with Crippen LogP contribution < -0.4 is 0 Å². The lowest BCUT2D eigenvalue weighted by Crippen LogP contribution is -2.18. The van der Waals surface area contributed by atoms with Crippen LogP contribution in [0.1, 0.15) is 54.4 Å². The highest BCUT2D eigenvalue weighted by Crippen LogP contribution is 2.14. The van der Waals surface area contributed by atoms with E-state index in [1.165, 1.54) is 0 Å². The Kier molecular flexibility index (Phi) is 8.20. The van der Waals surface area contributed by atoms with Crippen molar-refractivity contribution >= 4 is 0 Å². The van der Waals surface area contributed by atoms with E-state index in [2.05, 4.69) is 13.8 Å². The van der Waals surface area contributed by atoms with Gasteiger partial charge in [-0.1, -0.05) is 27.7 Å². The summed E-state index contributed by atoms with van der Waals surface area (Å²) in [5, 5.41) is 9.27. The van der Waals surface area contributed by atoms with E-state index in [4.69, 9.17) is 0 Å². The summed E-state index contributed by atoms with van der Waals surface area (Å²) in [7, 11) is 0. The van der Waals surface area contributed by atoms with Gasteiger partial charge >= 0.3 is 0 Å². The smallest absolute Gasteiger partial charge is 0.0591 e. The zero-order valence-electron chi connectivity index (χ0n) is 8.94.